The van der Waals surface area contributed by atoms with Gasteiger partial charge < -0.3 is 15.4 Å². The molecule has 0 amide bonds. The molecule has 1 aliphatic carbocycles. The van der Waals surface area contributed by atoms with Crippen molar-refractivity contribution in [1.82, 2.24) is 4.98 Å². The molecule has 5 heteroatoms. The smallest absolute Gasteiger partial charge is 0.139 e. The van der Waals surface area contributed by atoms with E-state index in [1.165, 1.54) is 11.3 Å². The predicted molar refractivity (Wildman–Crippen MR) is 74.9 cm³/mol. The minimum absolute atomic E-state index is 0.113. The fraction of sp³-hybridized carbons (Fsp3) is 0.571. The monoisotopic (exact) mass is 260 g/mol. The van der Waals surface area contributed by atoms with Crippen molar-refractivity contribution in [2.45, 2.75) is 25.7 Å². The van der Waals surface area contributed by atoms with E-state index in [1.54, 1.807) is 0 Å². The lowest BCUT2D eigenvalue weighted by atomic mass is 10.1. The summed E-state index contributed by atoms with van der Waals surface area (Å²) in [6.45, 7) is 3.27. The number of nitrogens with one attached hydrogen (secondary N) is 1. The van der Waals surface area contributed by atoms with E-state index >= 15 is 0 Å². The Morgan fingerprint density at radius 2 is 2.16 bits per heavy atom. The third-order valence-electron chi connectivity index (χ3n) is 3.84. The van der Waals surface area contributed by atoms with Gasteiger partial charge in [-0.2, -0.15) is 0 Å². The van der Waals surface area contributed by atoms with Gasteiger partial charge in [-0.1, -0.05) is 0 Å². The number of nitrogen functional groups attached to an aromatic ring is 1. The van der Waals surface area contributed by atoms with E-state index in [0.717, 1.165) is 63.4 Å². The van der Waals surface area contributed by atoms with Gasteiger partial charge in [-0.3, -0.25) is 5.41 Å². The molecule has 3 N–H and O–H groups in total. The summed E-state index contributed by atoms with van der Waals surface area (Å²) in [5.41, 5.74) is 8.97. The van der Waals surface area contributed by atoms with Crippen molar-refractivity contribution in [3.8, 4) is 0 Å². The minimum Gasteiger partial charge on any atom is -0.384 e. The quantitative estimate of drug-likeness (QED) is 0.616. The zero-order chi connectivity index (χ0) is 13.2. The number of amidine groups is 1. The van der Waals surface area contributed by atoms with Crippen molar-refractivity contribution in [3.05, 3.63) is 22.9 Å². The number of anilines is 1. The molecule has 1 aromatic heterocycles. The van der Waals surface area contributed by atoms with E-state index in [9.17, 15) is 0 Å². The SMILES string of the molecule is N=C(N)c1cc2c(nc1N1CCCOCC1)CCC2. The Hall–Kier alpha value is -1.62. The normalized spacial score (nSPS) is 19.1. The summed E-state index contributed by atoms with van der Waals surface area (Å²) in [6.07, 6.45) is 4.26. The Labute approximate surface area is 113 Å². The molecule has 0 atom stereocenters. The van der Waals surface area contributed by atoms with Gasteiger partial charge in [0.25, 0.3) is 0 Å². The van der Waals surface area contributed by atoms with Crippen molar-refractivity contribution in [2.24, 2.45) is 5.73 Å². The average Bonchev–Trinajstić information content (AvgIpc) is 2.69. The van der Waals surface area contributed by atoms with Gasteiger partial charge in [0.1, 0.15) is 11.7 Å². The van der Waals surface area contributed by atoms with E-state index in [2.05, 4.69) is 11.0 Å². The Balaban J connectivity index is 2.00. The van der Waals surface area contributed by atoms with Gasteiger partial charge in [0, 0.05) is 25.4 Å². The number of aryl methyl sites for hydroxylation is 2. The molecule has 1 fully saturated rings. The Morgan fingerprint density at radius 3 is 3.00 bits per heavy atom. The molecule has 5 nitrogen and oxygen atoms in total. The van der Waals surface area contributed by atoms with Crippen LogP contribution in [0.15, 0.2) is 6.07 Å². The fourth-order valence-corrected chi connectivity index (χ4v) is 2.86. The third-order valence-corrected chi connectivity index (χ3v) is 3.84. The van der Waals surface area contributed by atoms with Crippen molar-refractivity contribution in [1.29, 1.82) is 5.41 Å². The zero-order valence-corrected chi connectivity index (χ0v) is 11.1. The van der Waals surface area contributed by atoms with E-state index in [1.807, 2.05) is 0 Å². The molecule has 1 aliphatic heterocycles. The molecule has 1 saturated heterocycles. The van der Waals surface area contributed by atoms with Crippen LogP contribution in [0.3, 0.4) is 0 Å². The first-order valence-corrected chi connectivity index (χ1v) is 6.95. The maximum atomic E-state index is 7.79. The minimum atomic E-state index is 0.113. The van der Waals surface area contributed by atoms with Crippen LogP contribution in [0.25, 0.3) is 0 Å². The second kappa shape index (κ2) is 5.17. The number of nitrogens with zero attached hydrogens (tertiary/aromatic N) is 2. The first kappa shape index (κ1) is 12.4. The number of hydrogen-bond donors (Lipinski definition) is 2. The Bertz CT molecular complexity index is 492. The number of fused-ring (bicyclic) bond motifs is 1. The highest BCUT2D eigenvalue weighted by Crippen LogP contribution is 2.27. The topological polar surface area (TPSA) is 75.2 Å². The molecule has 2 heterocycles. The van der Waals surface area contributed by atoms with Gasteiger partial charge in [-0.25, -0.2) is 4.98 Å². The van der Waals surface area contributed by atoms with Gasteiger partial charge in [-0.05, 0) is 37.3 Å². The Morgan fingerprint density at radius 1 is 1.26 bits per heavy atom. The highest BCUT2D eigenvalue weighted by atomic mass is 16.5. The molecular weight excluding hydrogens is 240 g/mol. The molecule has 0 aromatic carbocycles. The lowest BCUT2D eigenvalue weighted by Gasteiger charge is -2.24. The molecule has 102 valence electrons. The first-order valence-electron chi connectivity index (χ1n) is 6.95. The van der Waals surface area contributed by atoms with Crippen LogP contribution in [0.2, 0.25) is 0 Å². The summed E-state index contributed by atoms with van der Waals surface area (Å²) in [6, 6.07) is 2.07. The van der Waals surface area contributed by atoms with Crippen molar-refractivity contribution < 1.29 is 4.74 Å². The summed E-state index contributed by atoms with van der Waals surface area (Å²) in [4.78, 5) is 7.00. The van der Waals surface area contributed by atoms with Crippen LogP contribution in [0.1, 0.15) is 29.7 Å². The molecule has 2 aliphatic rings. The number of ether oxygens (including phenoxy) is 1. The number of rotatable bonds is 2. The summed E-state index contributed by atoms with van der Waals surface area (Å²) in [7, 11) is 0. The van der Waals surface area contributed by atoms with Gasteiger partial charge in [0.05, 0.1) is 12.2 Å². The van der Waals surface area contributed by atoms with Gasteiger partial charge in [-0.15, -0.1) is 0 Å². The van der Waals surface area contributed by atoms with Crippen LogP contribution in [-0.4, -0.2) is 37.1 Å². The first-order chi connectivity index (χ1) is 9.25. The molecule has 0 radical (unpaired) electrons. The van der Waals surface area contributed by atoms with E-state index in [-0.39, 0.29) is 5.84 Å². The highest BCUT2D eigenvalue weighted by molar-refractivity contribution is 6.00. The summed E-state index contributed by atoms with van der Waals surface area (Å²) in [5, 5.41) is 7.79. The standard InChI is InChI=1S/C14H20N4O/c15-13(16)11-9-10-3-1-4-12(10)17-14(11)18-5-2-7-19-8-6-18/h9H,1-8H2,(H3,15,16). The zero-order valence-electron chi connectivity index (χ0n) is 11.1. The van der Waals surface area contributed by atoms with Crippen molar-refractivity contribution in [2.75, 3.05) is 31.2 Å². The summed E-state index contributed by atoms with van der Waals surface area (Å²) >= 11 is 0. The molecule has 1 aromatic rings. The third kappa shape index (κ3) is 2.42. The van der Waals surface area contributed by atoms with Crippen LogP contribution >= 0.6 is 0 Å². The van der Waals surface area contributed by atoms with E-state index in [4.69, 9.17) is 20.9 Å². The molecule has 0 unspecified atom stereocenters. The van der Waals surface area contributed by atoms with Crippen LogP contribution in [0.5, 0.6) is 0 Å². The van der Waals surface area contributed by atoms with Crippen LogP contribution in [0, 0.1) is 5.41 Å². The number of pyridine rings is 1. The molecular formula is C14H20N4O. The lowest BCUT2D eigenvalue weighted by Crippen LogP contribution is -2.30. The highest BCUT2D eigenvalue weighted by Gasteiger charge is 2.21. The van der Waals surface area contributed by atoms with Crippen LogP contribution in [0.4, 0.5) is 5.82 Å². The maximum Gasteiger partial charge on any atom is 0.139 e. The number of hydrogen-bond acceptors (Lipinski definition) is 4. The number of aromatic nitrogens is 1. The van der Waals surface area contributed by atoms with Crippen molar-refractivity contribution >= 4 is 11.7 Å². The second-order valence-electron chi connectivity index (χ2n) is 5.19. The average molecular weight is 260 g/mol. The van der Waals surface area contributed by atoms with Gasteiger partial charge in [0.15, 0.2) is 0 Å². The maximum absolute atomic E-state index is 7.79. The fourth-order valence-electron chi connectivity index (χ4n) is 2.86. The van der Waals surface area contributed by atoms with Crippen LogP contribution < -0.4 is 10.6 Å². The predicted octanol–water partition coefficient (Wildman–Crippen LogP) is 1.08. The van der Waals surface area contributed by atoms with Gasteiger partial charge in [0.2, 0.25) is 0 Å². The molecule has 0 saturated carbocycles. The Kier molecular flexibility index (Phi) is 3.38. The van der Waals surface area contributed by atoms with Crippen molar-refractivity contribution in [3.63, 3.8) is 0 Å². The molecule has 0 spiro atoms. The summed E-state index contributed by atoms with van der Waals surface area (Å²) < 4.78 is 5.48. The summed E-state index contributed by atoms with van der Waals surface area (Å²) in [5.74, 6) is 0.987. The van der Waals surface area contributed by atoms with Crippen LogP contribution in [-0.2, 0) is 17.6 Å². The van der Waals surface area contributed by atoms with Gasteiger partial charge >= 0.3 is 0 Å². The number of nitrogens with two attached hydrogens (primary N) is 1. The lowest BCUT2D eigenvalue weighted by molar-refractivity contribution is 0.152. The molecule has 3 rings (SSSR count). The van der Waals surface area contributed by atoms with E-state index in [0.29, 0.717) is 0 Å². The molecule has 0 bridgehead atoms. The second-order valence-corrected chi connectivity index (χ2v) is 5.19. The largest absolute Gasteiger partial charge is 0.384 e. The van der Waals surface area contributed by atoms with E-state index < -0.39 is 0 Å². The molecule has 19 heavy (non-hydrogen) atoms.